The van der Waals surface area contributed by atoms with Crippen LogP contribution >= 0.6 is 0 Å². The molecule has 0 unspecified atom stereocenters. The summed E-state index contributed by atoms with van der Waals surface area (Å²) in [5.74, 6) is 1.39. The summed E-state index contributed by atoms with van der Waals surface area (Å²) < 4.78 is 2.29. The normalized spacial score (nSPS) is 18.2. The molecule has 6 heteroatoms. The monoisotopic (exact) mass is 363 g/mol. The number of hydrogen-bond acceptors (Lipinski definition) is 4. The van der Waals surface area contributed by atoms with Gasteiger partial charge in [0.15, 0.2) is 11.6 Å². The van der Waals surface area contributed by atoms with Gasteiger partial charge in [-0.25, -0.2) is 0 Å². The lowest BCUT2D eigenvalue weighted by Gasteiger charge is -2.35. The van der Waals surface area contributed by atoms with Crippen molar-refractivity contribution in [3.63, 3.8) is 0 Å². The maximum absolute atomic E-state index is 12.0. The zero-order chi connectivity index (χ0) is 18.2. The third-order valence-corrected chi connectivity index (χ3v) is 5.98. The average Bonchev–Trinajstić information content (AvgIpc) is 3.32. The molecule has 3 aromatic rings. The van der Waals surface area contributed by atoms with E-state index in [0.717, 1.165) is 69.0 Å². The van der Waals surface area contributed by atoms with Gasteiger partial charge < -0.3 is 9.47 Å². The Balaban J connectivity index is 1.20. The minimum absolute atomic E-state index is 0.315. The molecule has 0 amide bonds. The molecule has 2 aliphatic rings. The summed E-state index contributed by atoms with van der Waals surface area (Å²) in [7, 11) is 0. The molecule has 0 radical (unpaired) electrons. The van der Waals surface area contributed by atoms with Gasteiger partial charge in [-0.3, -0.25) is 14.8 Å². The van der Waals surface area contributed by atoms with Crippen LogP contribution in [0, 0.1) is 0 Å². The van der Waals surface area contributed by atoms with Crippen LogP contribution in [0.15, 0.2) is 36.5 Å². The van der Waals surface area contributed by atoms with E-state index in [1.165, 1.54) is 11.1 Å². The van der Waals surface area contributed by atoms with Crippen LogP contribution < -0.4 is 4.90 Å². The number of ketones is 1. The van der Waals surface area contributed by atoms with E-state index in [4.69, 9.17) is 0 Å². The number of Topliss-reactive ketones (excluding diaryl/α,β-unsaturated/α-hetero) is 1. The van der Waals surface area contributed by atoms with Crippen LogP contribution in [0.5, 0.6) is 0 Å². The SMILES string of the molecule is O=C1CCCc2c1ccn2CCN1CCN(c2n[nH]c3ccccc23)CC1. The second kappa shape index (κ2) is 6.85. The van der Waals surface area contributed by atoms with E-state index >= 15 is 0 Å². The Morgan fingerprint density at radius 1 is 1.00 bits per heavy atom. The molecule has 0 saturated carbocycles. The van der Waals surface area contributed by atoms with Gasteiger partial charge in [-0.15, -0.1) is 0 Å². The molecule has 0 spiro atoms. The summed E-state index contributed by atoms with van der Waals surface area (Å²) in [5.41, 5.74) is 3.30. The molecule has 1 fully saturated rings. The van der Waals surface area contributed by atoms with E-state index in [-0.39, 0.29) is 0 Å². The number of carbonyl (C=O) groups is 1. The number of aromatic amines is 1. The second-order valence-corrected chi connectivity index (χ2v) is 7.57. The molecule has 1 aliphatic carbocycles. The lowest BCUT2D eigenvalue weighted by atomic mass is 9.97. The van der Waals surface area contributed by atoms with E-state index in [1.54, 1.807) is 0 Å². The third-order valence-electron chi connectivity index (χ3n) is 5.98. The predicted molar refractivity (Wildman–Crippen MR) is 106 cm³/mol. The molecule has 140 valence electrons. The van der Waals surface area contributed by atoms with Gasteiger partial charge in [0, 0.05) is 68.5 Å². The van der Waals surface area contributed by atoms with Gasteiger partial charge in [-0.2, -0.15) is 5.10 Å². The van der Waals surface area contributed by atoms with Crippen molar-refractivity contribution >= 4 is 22.5 Å². The Kier molecular flexibility index (Phi) is 4.20. The van der Waals surface area contributed by atoms with Crippen molar-refractivity contribution in [2.45, 2.75) is 25.8 Å². The highest BCUT2D eigenvalue weighted by Crippen LogP contribution is 2.25. The smallest absolute Gasteiger partial charge is 0.164 e. The first kappa shape index (κ1) is 16.6. The summed E-state index contributed by atoms with van der Waals surface area (Å²) >= 11 is 0. The maximum Gasteiger partial charge on any atom is 0.164 e. The number of fused-ring (bicyclic) bond motifs is 2. The van der Waals surface area contributed by atoms with Crippen LogP contribution in [0.1, 0.15) is 28.9 Å². The minimum atomic E-state index is 0.315. The summed E-state index contributed by atoms with van der Waals surface area (Å²) in [6, 6.07) is 10.3. The number of hydrogen-bond donors (Lipinski definition) is 1. The highest BCUT2D eigenvalue weighted by molar-refractivity contribution is 5.98. The number of rotatable bonds is 4. The van der Waals surface area contributed by atoms with Crippen molar-refractivity contribution in [3.05, 3.63) is 47.8 Å². The lowest BCUT2D eigenvalue weighted by Crippen LogP contribution is -2.47. The number of benzene rings is 1. The standard InChI is InChI=1S/C21H25N5O/c27-20-7-3-6-19-17(20)8-9-25(19)13-10-24-11-14-26(15-12-24)21-16-4-1-2-5-18(16)22-23-21/h1-2,4-5,8-9H,3,6-7,10-15H2,(H,22,23). The summed E-state index contributed by atoms with van der Waals surface area (Å²) in [5, 5.41) is 8.87. The van der Waals surface area contributed by atoms with Crippen LogP contribution in [0.3, 0.4) is 0 Å². The van der Waals surface area contributed by atoms with Gasteiger partial charge in [0.1, 0.15) is 0 Å². The van der Waals surface area contributed by atoms with Crippen LogP contribution in [0.25, 0.3) is 10.9 Å². The topological polar surface area (TPSA) is 57.2 Å². The number of carbonyl (C=O) groups excluding carboxylic acids is 1. The van der Waals surface area contributed by atoms with Crippen molar-refractivity contribution in [2.75, 3.05) is 37.6 Å². The molecule has 6 nitrogen and oxygen atoms in total. The molecule has 1 aromatic carbocycles. The number of para-hydroxylation sites is 1. The molecular weight excluding hydrogens is 338 g/mol. The molecule has 2 aromatic heterocycles. The molecule has 1 N–H and O–H groups in total. The molecule has 27 heavy (non-hydrogen) atoms. The van der Waals surface area contributed by atoms with Gasteiger partial charge in [-0.05, 0) is 31.0 Å². The zero-order valence-corrected chi connectivity index (χ0v) is 15.5. The van der Waals surface area contributed by atoms with Crippen molar-refractivity contribution < 1.29 is 4.79 Å². The van der Waals surface area contributed by atoms with E-state index in [0.29, 0.717) is 12.2 Å². The first-order valence-electron chi connectivity index (χ1n) is 9.91. The quantitative estimate of drug-likeness (QED) is 0.774. The van der Waals surface area contributed by atoms with Crippen LogP contribution in [0.4, 0.5) is 5.82 Å². The molecule has 1 saturated heterocycles. The Labute approximate surface area is 158 Å². The van der Waals surface area contributed by atoms with Crippen molar-refractivity contribution in [3.8, 4) is 0 Å². The lowest BCUT2D eigenvalue weighted by molar-refractivity contribution is 0.0971. The van der Waals surface area contributed by atoms with E-state index in [2.05, 4.69) is 49.0 Å². The van der Waals surface area contributed by atoms with E-state index in [1.807, 2.05) is 12.1 Å². The van der Waals surface area contributed by atoms with Gasteiger partial charge in [0.2, 0.25) is 0 Å². The molecule has 0 atom stereocenters. The largest absolute Gasteiger partial charge is 0.352 e. The maximum atomic E-state index is 12.0. The Morgan fingerprint density at radius 2 is 1.85 bits per heavy atom. The molecule has 1 aliphatic heterocycles. The van der Waals surface area contributed by atoms with Crippen LogP contribution in [-0.4, -0.2) is 58.2 Å². The molecule has 0 bridgehead atoms. The van der Waals surface area contributed by atoms with Crippen molar-refractivity contribution in [2.24, 2.45) is 0 Å². The number of piperazine rings is 1. The van der Waals surface area contributed by atoms with Gasteiger partial charge in [0.25, 0.3) is 0 Å². The minimum Gasteiger partial charge on any atom is -0.352 e. The number of nitrogens with one attached hydrogen (secondary N) is 1. The van der Waals surface area contributed by atoms with Crippen molar-refractivity contribution in [1.29, 1.82) is 0 Å². The zero-order valence-electron chi connectivity index (χ0n) is 15.5. The number of H-pyrrole nitrogens is 1. The second-order valence-electron chi connectivity index (χ2n) is 7.57. The van der Waals surface area contributed by atoms with Crippen LogP contribution in [-0.2, 0) is 13.0 Å². The first-order chi connectivity index (χ1) is 13.3. The fraction of sp³-hybridized carbons (Fsp3) is 0.429. The van der Waals surface area contributed by atoms with Gasteiger partial charge in [-0.1, -0.05) is 12.1 Å². The fourth-order valence-electron chi connectivity index (χ4n) is 4.42. The predicted octanol–water partition coefficient (Wildman–Crippen LogP) is 2.71. The highest BCUT2D eigenvalue weighted by atomic mass is 16.1. The molecular formula is C21H25N5O. The highest BCUT2D eigenvalue weighted by Gasteiger charge is 2.22. The van der Waals surface area contributed by atoms with E-state index < -0.39 is 0 Å². The van der Waals surface area contributed by atoms with Crippen molar-refractivity contribution in [1.82, 2.24) is 19.7 Å². The van der Waals surface area contributed by atoms with Gasteiger partial charge in [0.05, 0.1) is 5.52 Å². The fourth-order valence-corrected chi connectivity index (χ4v) is 4.42. The Morgan fingerprint density at radius 3 is 2.74 bits per heavy atom. The molecule has 5 rings (SSSR count). The summed E-state index contributed by atoms with van der Waals surface area (Å²) in [4.78, 5) is 16.9. The number of aromatic nitrogens is 3. The average molecular weight is 363 g/mol. The van der Waals surface area contributed by atoms with Crippen LogP contribution in [0.2, 0.25) is 0 Å². The van der Waals surface area contributed by atoms with E-state index in [9.17, 15) is 4.79 Å². The summed E-state index contributed by atoms with van der Waals surface area (Å²) in [6.07, 6.45) is 4.83. The Bertz CT molecular complexity index is 964. The van der Waals surface area contributed by atoms with Gasteiger partial charge >= 0.3 is 0 Å². The first-order valence-corrected chi connectivity index (χ1v) is 9.91. The number of nitrogens with zero attached hydrogens (tertiary/aromatic N) is 4. The Hall–Kier alpha value is -2.60. The number of anilines is 1. The third kappa shape index (κ3) is 3.04. The molecule has 3 heterocycles. The summed E-state index contributed by atoms with van der Waals surface area (Å²) in [6.45, 7) is 6.08.